The number of carbonyl (C=O) groups is 1. The highest BCUT2D eigenvalue weighted by atomic mass is 32.2. The summed E-state index contributed by atoms with van der Waals surface area (Å²) in [6.07, 6.45) is 0. The van der Waals surface area contributed by atoms with Crippen LogP contribution in [0.2, 0.25) is 0 Å². The van der Waals surface area contributed by atoms with E-state index in [1.165, 1.54) is 0 Å². The molecule has 0 aliphatic carbocycles. The SMILES string of the molecule is CC(C)(C)Sc1cc(C(=O)O)c([N+](=O)[O-])cc1F. The number of nitro benzene ring substituents is 1. The molecule has 1 aromatic rings. The zero-order valence-corrected chi connectivity index (χ0v) is 10.9. The van der Waals surface area contributed by atoms with Crippen LogP contribution >= 0.6 is 11.8 Å². The van der Waals surface area contributed by atoms with Crippen LogP contribution in [0, 0.1) is 15.9 Å². The summed E-state index contributed by atoms with van der Waals surface area (Å²) in [5.74, 6) is -2.23. The first-order chi connectivity index (χ1) is 8.11. The predicted molar refractivity (Wildman–Crippen MR) is 65.6 cm³/mol. The van der Waals surface area contributed by atoms with Crippen LogP contribution in [0.15, 0.2) is 17.0 Å². The van der Waals surface area contributed by atoms with Crippen molar-refractivity contribution in [3.8, 4) is 0 Å². The Morgan fingerprint density at radius 2 is 2.00 bits per heavy atom. The molecule has 0 bridgehead atoms. The minimum Gasteiger partial charge on any atom is -0.477 e. The maximum Gasteiger partial charge on any atom is 0.342 e. The van der Waals surface area contributed by atoms with Gasteiger partial charge in [-0.2, -0.15) is 0 Å². The van der Waals surface area contributed by atoms with Gasteiger partial charge in [0.25, 0.3) is 5.69 Å². The summed E-state index contributed by atoms with van der Waals surface area (Å²) in [6, 6.07) is 1.66. The summed E-state index contributed by atoms with van der Waals surface area (Å²) < 4.78 is 13.3. The fourth-order valence-corrected chi connectivity index (χ4v) is 2.27. The summed E-state index contributed by atoms with van der Waals surface area (Å²) in [7, 11) is 0. The van der Waals surface area contributed by atoms with Crippen LogP contribution in [-0.4, -0.2) is 20.7 Å². The monoisotopic (exact) mass is 273 g/mol. The molecular weight excluding hydrogens is 261 g/mol. The molecule has 1 aromatic carbocycles. The lowest BCUT2D eigenvalue weighted by Gasteiger charge is -2.18. The second kappa shape index (κ2) is 4.93. The summed E-state index contributed by atoms with van der Waals surface area (Å²) in [5, 5.41) is 19.5. The molecule has 7 heteroatoms. The van der Waals surface area contributed by atoms with E-state index in [1.54, 1.807) is 0 Å². The average molecular weight is 273 g/mol. The van der Waals surface area contributed by atoms with Crippen molar-refractivity contribution in [3.63, 3.8) is 0 Å². The molecule has 0 unspecified atom stereocenters. The Morgan fingerprint density at radius 3 is 2.39 bits per heavy atom. The standard InChI is InChI=1S/C11H12FNO4S/c1-11(2,3)18-9-4-6(10(14)15)8(13(16)17)5-7(9)12/h4-5H,1-3H3,(H,14,15). The van der Waals surface area contributed by atoms with Crippen molar-refractivity contribution in [2.75, 3.05) is 0 Å². The molecule has 0 aliphatic heterocycles. The first-order valence-corrected chi connectivity index (χ1v) is 5.83. The maximum atomic E-state index is 13.7. The van der Waals surface area contributed by atoms with Gasteiger partial charge < -0.3 is 5.11 Å². The quantitative estimate of drug-likeness (QED) is 0.519. The van der Waals surface area contributed by atoms with Crippen LogP contribution in [0.25, 0.3) is 0 Å². The molecule has 18 heavy (non-hydrogen) atoms. The van der Waals surface area contributed by atoms with Gasteiger partial charge in [0.1, 0.15) is 11.4 Å². The van der Waals surface area contributed by atoms with Gasteiger partial charge in [-0.15, -0.1) is 11.8 Å². The van der Waals surface area contributed by atoms with E-state index in [0.717, 1.165) is 17.8 Å². The summed E-state index contributed by atoms with van der Waals surface area (Å²) in [6.45, 7) is 5.50. The van der Waals surface area contributed by atoms with Crippen molar-refractivity contribution in [1.82, 2.24) is 0 Å². The fourth-order valence-electron chi connectivity index (χ4n) is 1.27. The highest BCUT2D eigenvalue weighted by molar-refractivity contribution is 8.00. The van der Waals surface area contributed by atoms with Crippen LogP contribution in [0.1, 0.15) is 31.1 Å². The number of thioether (sulfide) groups is 1. The van der Waals surface area contributed by atoms with Gasteiger partial charge in [0.15, 0.2) is 0 Å². The van der Waals surface area contributed by atoms with E-state index in [1.807, 2.05) is 20.8 Å². The second-order valence-corrected chi connectivity index (χ2v) is 6.45. The highest BCUT2D eigenvalue weighted by Gasteiger charge is 2.25. The summed E-state index contributed by atoms with van der Waals surface area (Å²) >= 11 is 1.12. The lowest BCUT2D eigenvalue weighted by molar-refractivity contribution is -0.385. The van der Waals surface area contributed by atoms with Crippen LogP contribution < -0.4 is 0 Å². The minimum atomic E-state index is -1.45. The second-order valence-electron chi connectivity index (χ2n) is 4.58. The zero-order chi connectivity index (χ0) is 14.1. The van der Waals surface area contributed by atoms with Crippen molar-refractivity contribution in [1.29, 1.82) is 0 Å². The lowest BCUT2D eigenvalue weighted by atomic mass is 10.2. The predicted octanol–water partition coefficient (Wildman–Crippen LogP) is 3.32. The van der Waals surface area contributed by atoms with Gasteiger partial charge in [0.05, 0.1) is 11.0 Å². The van der Waals surface area contributed by atoms with Crippen molar-refractivity contribution < 1.29 is 19.2 Å². The molecule has 0 spiro atoms. The maximum absolute atomic E-state index is 13.7. The topological polar surface area (TPSA) is 80.4 Å². The minimum absolute atomic E-state index is 0.0884. The normalized spacial score (nSPS) is 11.3. The molecule has 0 amide bonds. The molecule has 1 N–H and O–H groups in total. The van der Waals surface area contributed by atoms with Crippen molar-refractivity contribution >= 4 is 23.4 Å². The van der Waals surface area contributed by atoms with E-state index in [4.69, 9.17) is 5.11 Å². The third-order valence-electron chi connectivity index (χ3n) is 1.89. The number of hydrogen-bond donors (Lipinski definition) is 1. The van der Waals surface area contributed by atoms with Gasteiger partial charge in [0, 0.05) is 9.64 Å². The molecule has 0 fully saturated rings. The summed E-state index contributed by atoms with van der Waals surface area (Å²) in [5.41, 5.74) is -1.24. The Hall–Kier alpha value is -1.63. The Bertz CT molecular complexity index is 511. The molecule has 0 heterocycles. The molecule has 0 saturated carbocycles. The van der Waals surface area contributed by atoms with Crippen molar-refractivity contribution in [2.45, 2.75) is 30.4 Å². The first kappa shape index (κ1) is 14.4. The highest BCUT2D eigenvalue weighted by Crippen LogP contribution is 2.36. The van der Waals surface area contributed by atoms with Crippen LogP contribution in [0.5, 0.6) is 0 Å². The van der Waals surface area contributed by atoms with E-state index in [-0.39, 0.29) is 9.64 Å². The van der Waals surface area contributed by atoms with Crippen LogP contribution in [0.4, 0.5) is 10.1 Å². The number of nitrogens with zero attached hydrogens (tertiary/aromatic N) is 1. The summed E-state index contributed by atoms with van der Waals surface area (Å²) in [4.78, 5) is 20.7. The molecule has 0 aliphatic rings. The number of hydrogen-bond acceptors (Lipinski definition) is 4. The third-order valence-corrected chi connectivity index (χ3v) is 3.04. The Kier molecular flexibility index (Phi) is 3.95. The van der Waals surface area contributed by atoms with Gasteiger partial charge in [-0.3, -0.25) is 10.1 Å². The van der Waals surface area contributed by atoms with Gasteiger partial charge in [-0.25, -0.2) is 9.18 Å². The number of halogens is 1. The van der Waals surface area contributed by atoms with Gasteiger partial charge in [-0.1, -0.05) is 20.8 Å². The van der Waals surface area contributed by atoms with Gasteiger partial charge in [-0.05, 0) is 6.07 Å². The van der Waals surface area contributed by atoms with E-state index in [0.29, 0.717) is 6.07 Å². The van der Waals surface area contributed by atoms with Crippen LogP contribution in [0.3, 0.4) is 0 Å². The smallest absolute Gasteiger partial charge is 0.342 e. The molecule has 0 aromatic heterocycles. The van der Waals surface area contributed by atoms with Gasteiger partial charge >= 0.3 is 5.97 Å². The fraction of sp³-hybridized carbons (Fsp3) is 0.364. The molecule has 0 atom stereocenters. The molecule has 98 valence electrons. The van der Waals surface area contributed by atoms with E-state index >= 15 is 0 Å². The zero-order valence-electron chi connectivity index (χ0n) is 10.1. The molecular formula is C11H12FNO4S. The molecule has 1 rings (SSSR count). The Balaban J connectivity index is 3.36. The third kappa shape index (κ3) is 3.43. The largest absolute Gasteiger partial charge is 0.477 e. The first-order valence-electron chi connectivity index (χ1n) is 5.02. The number of carboxylic acid groups (broad SMARTS) is 1. The number of carboxylic acids is 1. The van der Waals surface area contributed by atoms with Crippen molar-refractivity contribution in [2.24, 2.45) is 0 Å². The Morgan fingerprint density at radius 1 is 1.44 bits per heavy atom. The molecule has 0 saturated heterocycles. The number of benzene rings is 1. The lowest BCUT2D eigenvalue weighted by Crippen LogP contribution is -2.09. The number of aromatic carboxylic acids is 1. The number of nitro groups is 1. The van der Waals surface area contributed by atoms with Crippen molar-refractivity contribution in [3.05, 3.63) is 33.6 Å². The van der Waals surface area contributed by atoms with E-state index < -0.39 is 28.0 Å². The van der Waals surface area contributed by atoms with E-state index in [2.05, 4.69) is 0 Å². The number of rotatable bonds is 3. The average Bonchev–Trinajstić information content (AvgIpc) is 2.17. The molecule has 5 nitrogen and oxygen atoms in total. The van der Waals surface area contributed by atoms with E-state index in [9.17, 15) is 19.3 Å². The Labute approximate surface area is 107 Å². The molecule has 0 radical (unpaired) electrons. The van der Waals surface area contributed by atoms with Crippen LogP contribution in [-0.2, 0) is 0 Å². The van der Waals surface area contributed by atoms with Gasteiger partial charge in [0.2, 0.25) is 0 Å².